The van der Waals surface area contributed by atoms with Gasteiger partial charge in [0.25, 0.3) is 0 Å². The topological polar surface area (TPSA) is 66.6 Å². The van der Waals surface area contributed by atoms with E-state index in [0.717, 1.165) is 12.3 Å². The molecule has 4 heteroatoms. The molecule has 0 spiro atoms. The highest BCUT2D eigenvalue weighted by atomic mass is 16.3. The lowest BCUT2D eigenvalue weighted by molar-refractivity contribution is -0.106. The van der Waals surface area contributed by atoms with Crippen molar-refractivity contribution >= 4 is 6.41 Å². The molecule has 0 radical (unpaired) electrons. The van der Waals surface area contributed by atoms with Gasteiger partial charge >= 0.3 is 0 Å². The number of carbonyl (C=O) groups is 1. The van der Waals surface area contributed by atoms with Crippen molar-refractivity contribution in [3.63, 3.8) is 0 Å². The van der Waals surface area contributed by atoms with Gasteiger partial charge in [0.15, 0.2) is 0 Å². The van der Waals surface area contributed by atoms with Crippen molar-refractivity contribution in [1.82, 2.24) is 4.90 Å². The molecule has 1 heterocycles. The summed E-state index contributed by atoms with van der Waals surface area (Å²) in [4.78, 5) is 11.2. The Bertz CT molecular complexity index is 818. The van der Waals surface area contributed by atoms with E-state index < -0.39 is 0 Å². The first-order valence-electron chi connectivity index (χ1n) is 11.5. The molecule has 1 aliphatic rings. The minimum absolute atomic E-state index is 0.250. The average Bonchev–Trinajstić information content (AvgIpc) is 3.26. The molecule has 1 saturated heterocycles. The SMILES string of the molecule is C#CC.Cc1ccc(CC(CCCc2ccc(O)cc2)CN2CCCC2)cc1C.NC=O. The fourth-order valence-corrected chi connectivity index (χ4v) is 4.11. The molecular weight excluding hydrogens is 396 g/mol. The van der Waals surface area contributed by atoms with E-state index in [0.29, 0.717) is 5.75 Å². The van der Waals surface area contributed by atoms with Crippen molar-refractivity contribution in [3.05, 3.63) is 64.7 Å². The summed E-state index contributed by atoms with van der Waals surface area (Å²) in [6.45, 7) is 9.86. The van der Waals surface area contributed by atoms with Crippen molar-refractivity contribution in [2.45, 2.75) is 59.3 Å². The Labute approximate surface area is 194 Å². The van der Waals surface area contributed by atoms with Crippen LogP contribution in [0.1, 0.15) is 54.9 Å². The molecule has 1 aliphatic heterocycles. The van der Waals surface area contributed by atoms with E-state index in [2.05, 4.69) is 55.0 Å². The smallest absolute Gasteiger partial charge is 0.204 e. The first-order valence-corrected chi connectivity index (χ1v) is 11.5. The minimum atomic E-state index is 0.250. The van der Waals surface area contributed by atoms with E-state index in [1.807, 2.05) is 12.1 Å². The van der Waals surface area contributed by atoms with Crippen molar-refractivity contribution in [3.8, 4) is 18.1 Å². The van der Waals surface area contributed by atoms with Crippen LogP contribution < -0.4 is 5.73 Å². The molecule has 1 fully saturated rings. The van der Waals surface area contributed by atoms with Gasteiger partial charge in [-0.2, -0.15) is 0 Å². The first-order chi connectivity index (χ1) is 15.4. The predicted molar refractivity (Wildman–Crippen MR) is 135 cm³/mol. The van der Waals surface area contributed by atoms with Crippen LogP contribution in [0.2, 0.25) is 0 Å². The number of benzene rings is 2. The predicted octanol–water partition coefficient (Wildman–Crippen LogP) is 5.03. The summed E-state index contributed by atoms with van der Waals surface area (Å²) < 4.78 is 0. The van der Waals surface area contributed by atoms with Crippen LogP contribution in [0.3, 0.4) is 0 Å². The monoisotopic (exact) mass is 436 g/mol. The Hall–Kier alpha value is -2.77. The number of nitrogens with two attached hydrogens (primary N) is 1. The van der Waals surface area contributed by atoms with Gasteiger partial charge in [-0.25, -0.2) is 0 Å². The van der Waals surface area contributed by atoms with Gasteiger partial charge in [-0.05, 0) is 113 Å². The van der Waals surface area contributed by atoms with Crippen molar-refractivity contribution in [2.24, 2.45) is 11.7 Å². The van der Waals surface area contributed by atoms with Gasteiger partial charge in [-0.15, -0.1) is 12.3 Å². The molecule has 0 saturated carbocycles. The summed E-state index contributed by atoms with van der Waals surface area (Å²) in [5, 5.41) is 9.43. The molecule has 3 rings (SSSR count). The Morgan fingerprint density at radius 2 is 1.66 bits per heavy atom. The van der Waals surface area contributed by atoms with Gasteiger partial charge in [0, 0.05) is 6.54 Å². The maximum atomic E-state index is 9.43. The summed E-state index contributed by atoms with van der Waals surface area (Å²) in [7, 11) is 0. The number of nitrogens with zero attached hydrogens (tertiary/aromatic N) is 1. The van der Waals surface area contributed by atoms with Crippen molar-refractivity contribution in [1.29, 1.82) is 0 Å². The second kappa shape index (κ2) is 15.9. The number of hydrogen-bond acceptors (Lipinski definition) is 3. The summed E-state index contributed by atoms with van der Waals surface area (Å²) in [6, 6.07) is 14.7. The Morgan fingerprint density at radius 1 is 1.09 bits per heavy atom. The molecule has 1 unspecified atom stereocenters. The third-order valence-corrected chi connectivity index (χ3v) is 5.82. The highest BCUT2D eigenvalue weighted by molar-refractivity contribution is 5.42. The zero-order valence-electron chi connectivity index (χ0n) is 20.0. The number of terminal acetylenes is 1. The fraction of sp³-hybridized carbons (Fsp3) is 0.464. The van der Waals surface area contributed by atoms with Gasteiger partial charge in [0.1, 0.15) is 5.75 Å². The van der Waals surface area contributed by atoms with Crippen molar-refractivity contribution < 1.29 is 9.90 Å². The van der Waals surface area contributed by atoms with Crippen LogP contribution in [-0.4, -0.2) is 36.1 Å². The Balaban J connectivity index is 0.000000769. The molecule has 2 aromatic rings. The second-order valence-corrected chi connectivity index (χ2v) is 8.48. The van der Waals surface area contributed by atoms with Crippen LogP contribution in [0.25, 0.3) is 0 Å². The summed E-state index contributed by atoms with van der Waals surface area (Å²) >= 11 is 0. The van der Waals surface area contributed by atoms with Crippen LogP contribution >= 0.6 is 0 Å². The highest BCUT2D eigenvalue weighted by Crippen LogP contribution is 2.22. The van der Waals surface area contributed by atoms with Crippen molar-refractivity contribution in [2.75, 3.05) is 19.6 Å². The lowest BCUT2D eigenvalue weighted by Crippen LogP contribution is -2.28. The lowest BCUT2D eigenvalue weighted by Gasteiger charge is -2.24. The Kier molecular flexibility index (Phi) is 13.6. The molecule has 1 atom stereocenters. The van der Waals surface area contributed by atoms with E-state index in [-0.39, 0.29) is 6.41 Å². The van der Waals surface area contributed by atoms with Crippen LogP contribution in [0.15, 0.2) is 42.5 Å². The number of phenolic OH excluding ortho intramolecular Hbond substituents is 1. The molecule has 0 aliphatic carbocycles. The van der Waals surface area contributed by atoms with Crippen LogP contribution in [0.4, 0.5) is 0 Å². The number of likely N-dealkylation sites (tertiary alicyclic amines) is 1. The largest absolute Gasteiger partial charge is 0.508 e. The molecule has 0 aromatic heterocycles. The number of amides is 1. The third kappa shape index (κ3) is 11.0. The van der Waals surface area contributed by atoms with E-state index >= 15 is 0 Å². The fourth-order valence-electron chi connectivity index (χ4n) is 4.11. The normalized spacial score (nSPS) is 13.7. The number of aryl methyl sites for hydroxylation is 3. The molecule has 3 N–H and O–H groups in total. The highest BCUT2D eigenvalue weighted by Gasteiger charge is 2.18. The van der Waals surface area contributed by atoms with Gasteiger partial charge in [0.2, 0.25) is 6.41 Å². The third-order valence-electron chi connectivity index (χ3n) is 5.82. The number of phenols is 1. The maximum Gasteiger partial charge on any atom is 0.204 e. The number of rotatable bonds is 8. The molecular formula is C28H40N2O2. The molecule has 174 valence electrons. The summed E-state index contributed by atoms with van der Waals surface area (Å²) in [5.74, 6) is 3.34. The zero-order valence-corrected chi connectivity index (χ0v) is 20.0. The standard InChI is InChI=1S/C24H33NO.C3H4.CH3NO/c1-19-8-9-22(16-20(19)2)17-23(18-25-14-3-4-15-25)7-5-6-21-10-12-24(26)13-11-21;1-3-2;2-1-3/h8-13,16,23,26H,3-7,14-15,17-18H2,1-2H3;1H,2H3;1H,(H2,2,3). The quantitative estimate of drug-likeness (QED) is 0.451. The second-order valence-electron chi connectivity index (χ2n) is 8.48. The minimum Gasteiger partial charge on any atom is -0.508 e. The first kappa shape index (κ1) is 27.3. The molecule has 0 bridgehead atoms. The molecule has 1 amide bonds. The summed E-state index contributed by atoms with van der Waals surface area (Å²) in [5.41, 5.74) is 9.78. The van der Waals surface area contributed by atoms with Crippen LogP contribution in [-0.2, 0) is 17.6 Å². The zero-order chi connectivity index (χ0) is 23.8. The molecule has 32 heavy (non-hydrogen) atoms. The van der Waals surface area contributed by atoms with E-state index in [9.17, 15) is 5.11 Å². The van der Waals surface area contributed by atoms with E-state index in [1.54, 1.807) is 19.1 Å². The number of hydrogen-bond donors (Lipinski definition) is 2. The number of primary amides is 1. The summed E-state index contributed by atoms with van der Waals surface area (Å²) in [6.07, 6.45) is 12.4. The average molecular weight is 437 g/mol. The van der Waals surface area contributed by atoms with Crippen LogP contribution in [0, 0.1) is 32.1 Å². The van der Waals surface area contributed by atoms with Crippen LogP contribution in [0.5, 0.6) is 5.75 Å². The maximum absolute atomic E-state index is 9.43. The lowest BCUT2D eigenvalue weighted by atomic mass is 9.91. The van der Waals surface area contributed by atoms with Gasteiger partial charge in [-0.1, -0.05) is 30.3 Å². The van der Waals surface area contributed by atoms with Gasteiger partial charge in [0.05, 0.1) is 0 Å². The van der Waals surface area contributed by atoms with Gasteiger partial charge in [-0.3, -0.25) is 4.79 Å². The number of aromatic hydroxyl groups is 1. The van der Waals surface area contributed by atoms with E-state index in [4.69, 9.17) is 4.79 Å². The molecule has 4 nitrogen and oxygen atoms in total. The number of carbonyl (C=O) groups excluding carboxylic acids is 1. The van der Waals surface area contributed by atoms with E-state index in [1.165, 1.54) is 74.0 Å². The Morgan fingerprint density at radius 3 is 2.22 bits per heavy atom. The van der Waals surface area contributed by atoms with Gasteiger partial charge < -0.3 is 15.7 Å². The molecule has 2 aromatic carbocycles.